The van der Waals surface area contributed by atoms with E-state index in [1.165, 1.54) is 0 Å². The third-order valence-electron chi connectivity index (χ3n) is 3.48. The number of hydrogen-bond acceptors (Lipinski definition) is 4. The largest absolute Gasteiger partial charge is 0.482 e. The first kappa shape index (κ1) is 15.4. The maximum absolute atomic E-state index is 11.9. The molecular weight excluding hydrogens is 270 g/mol. The molecule has 1 fully saturated rings. The lowest BCUT2D eigenvalue weighted by molar-refractivity contribution is -0.156. The molecule has 1 aliphatic carbocycles. The molecule has 1 saturated carbocycles. The summed E-state index contributed by atoms with van der Waals surface area (Å²) in [6.45, 7) is 1.37. The molecule has 0 spiro atoms. The number of esters is 1. The Balaban J connectivity index is 1.69. The molecule has 0 aromatic heterocycles. The van der Waals surface area contributed by atoms with E-state index in [1.54, 1.807) is 19.1 Å². The van der Waals surface area contributed by atoms with E-state index in [9.17, 15) is 9.59 Å². The second kappa shape index (κ2) is 7.67. The first-order valence-corrected chi connectivity index (χ1v) is 7.33. The van der Waals surface area contributed by atoms with Gasteiger partial charge in [-0.05, 0) is 31.9 Å². The molecule has 1 aromatic carbocycles. The maximum Gasteiger partial charge on any atom is 0.344 e. The zero-order chi connectivity index (χ0) is 15.1. The third kappa shape index (κ3) is 5.10. The van der Waals surface area contributed by atoms with Gasteiger partial charge in [0.2, 0.25) is 0 Å². The average molecular weight is 291 g/mol. The minimum absolute atomic E-state index is 0.203. The van der Waals surface area contributed by atoms with Gasteiger partial charge >= 0.3 is 5.97 Å². The van der Waals surface area contributed by atoms with Crippen molar-refractivity contribution in [3.8, 4) is 5.75 Å². The summed E-state index contributed by atoms with van der Waals surface area (Å²) in [6.07, 6.45) is 3.50. The standard InChI is InChI=1S/C16H21NO4/c1-12(16(19)17-13-7-5-6-8-13)21-15(18)11-20-14-9-3-2-4-10-14/h2-4,9-10,12-13H,5-8,11H2,1H3,(H,17,19). The number of carbonyl (C=O) groups excluding carboxylic acids is 2. The Bertz CT molecular complexity index is 468. The molecule has 114 valence electrons. The molecule has 1 atom stereocenters. The summed E-state index contributed by atoms with van der Waals surface area (Å²) in [5.74, 6) is -0.194. The van der Waals surface area contributed by atoms with Crippen molar-refractivity contribution in [2.75, 3.05) is 6.61 Å². The van der Waals surface area contributed by atoms with Crippen LogP contribution in [0.4, 0.5) is 0 Å². The summed E-state index contributed by atoms with van der Waals surface area (Å²) >= 11 is 0. The van der Waals surface area contributed by atoms with Gasteiger partial charge in [0, 0.05) is 6.04 Å². The van der Waals surface area contributed by atoms with Gasteiger partial charge in [-0.3, -0.25) is 4.79 Å². The summed E-state index contributed by atoms with van der Waals surface area (Å²) in [5, 5.41) is 2.90. The first-order valence-electron chi connectivity index (χ1n) is 7.33. The smallest absolute Gasteiger partial charge is 0.344 e. The molecule has 5 heteroatoms. The van der Waals surface area contributed by atoms with Crippen molar-refractivity contribution in [1.29, 1.82) is 0 Å². The van der Waals surface area contributed by atoms with Gasteiger partial charge in [-0.1, -0.05) is 31.0 Å². The number of hydrogen-bond donors (Lipinski definition) is 1. The summed E-state index contributed by atoms with van der Waals surface area (Å²) < 4.78 is 10.3. The molecule has 5 nitrogen and oxygen atoms in total. The van der Waals surface area contributed by atoms with Crippen LogP contribution in [0.25, 0.3) is 0 Å². The molecule has 0 bridgehead atoms. The molecule has 1 aromatic rings. The fourth-order valence-electron chi connectivity index (χ4n) is 2.33. The predicted octanol–water partition coefficient (Wildman–Crippen LogP) is 2.06. The van der Waals surface area contributed by atoms with E-state index in [0.717, 1.165) is 25.7 Å². The molecule has 21 heavy (non-hydrogen) atoms. The average Bonchev–Trinajstić information content (AvgIpc) is 2.99. The molecule has 0 heterocycles. The Labute approximate surface area is 124 Å². The minimum atomic E-state index is -0.794. The van der Waals surface area contributed by atoms with Gasteiger partial charge < -0.3 is 14.8 Å². The zero-order valence-corrected chi connectivity index (χ0v) is 12.2. The van der Waals surface area contributed by atoms with Gasteiger partial charge in [0.15, 0.2) is 12.7 Å². The molecular formula is C16H21NO4. The van der Waals surface area contributed by atoms with E-state index in [0.29, 0.717) is 5.75 Å². The van der Waals surface area contributed by atoms with E-state index in [4.69, 9.17) is 9.47 Å². The van der Waals surface area contributed by atoms with Gasteiger partial charge in [0.05, 0.1) is 0 Å². The second-order valence-electron chi connectivity index (χ2n) is 5.22. The van der Waals surface area contributed by atoms with Gasteiger partial charge in [-0.15, -0.1) is 0 Å². The van der Waals surface area contributed by atoms with Crippen molar-refractivity contribution in [2.24, 2.45) is 0 Å². The van der Waals surface area contributed by atoms with Gasteiger partial charge in [-0.25, -0.2) is 4.79 Å². The Morgan fingerprint density at radius 2 is 1.90 bits per heavy atom. The van der Waals surface area contributed by atoms with Gasteiger partial charge in [0.25, 0.3) is 5.91 Å². The van der Waals surface area contributed by atoms with Crippen LogP contribution in [0, 0.1) is 0 Å². The number of nitrogens with one attached hydrogen (secondary N) is 1. The Hall–Kier alpha value is -2.04. The predicted molar refractivity (Wildman–Crippen MR) is 77.9 cm³/mol. The van der Waals surface area contributed by atoms with Crippen LogP contribution in [0.1, 0.15) is 32.6 Å². The van der Waals surface area contributed by atoms with Gasteiger partial charge in [-0.2, -0.15) is 0 Å². The van der Waals surface area contributed by atoms with E-state index in [-0.39, 0.29) is 18.6 Å². The van der Waals surface area contributed by atoms with E-state index < -0.39 is 12.1 Å². The van der Waals surface area contributed by atoms with Crippen LogP contribution in [0.3, 0.4) is 0 Å². The minimum Gasteiger partial charge on any atom is -0.482 e. The van der Waals surface area contributed by atoms with Crippen molar-refractivity contribution in [3.63, 3.8) is 0 Å². The van der Waals surface area contributed by atoms with Crippen LogP contribution in [-0.2, 0) is 14.3 Å². The normalized spacial score (nSPS) is 16.2. The van der Waals surface area contributed by atoms with Crippen molar-refractivity contribution in [2.45, 2.75) is 44.8 Å². The van der Waals surface area contributed by atoms with E-state index in [1.807, 2.05) is 18.2 Å². The van der Waals surface area contributed by atoms with Crippen LogP contribution in [0.15, 0.2) is 30.3 Å². The number of rotatable bonds is 6. The molecule has 1 unspecified atom stereocenters. The number of para-hydroxylation sites is 1. The summed E-state index contributed by atoms with van der Waals surface area (Å²) in [6, 6.07) is 9.23. The monoisotopic (exact) mass is 291 g/mol. The van der Waals surface area contributed by atoms with Gasteiger partial charge in [0.1, 0.15) is 5.75 Å². The molecule has 0 aliphatic heterocycles. The second-order valence-corrected chi connectivity index (χ2v) is 5.22. The number of benzene rings is 1. The van der Waals surface area contributed by atoms with Crippen LogP contribution in [-0.4, -0.2) is 30.6 Å². The first-order chi connectivity index (χ1) is 10.1. The highest BCUT2D eigenvalue weighted by atomic mass is 16.6. The van der Waals surface area contributed by atoms with Crippen LogP contribution < -0.4 is 10.1 Å². The van der Waals surface area contributed by atoms with E-state index >= 15 is 0 Å². The van der Waals surface area contributed by atoms with Crippen molar-refractivity contribution < 1.29 is 19.1 Å². The van der Waals surface area contributed by atoms with Crippen molar-refractivity contribution >= 4 is 11.9 Å². The third-order valence-corrected chi connectivity index (χ3v) is 3.48. The summed E-state index contributed by atoms with van der Waals surface area (Å²) in [4.78, 5) is 23.5. The fourth-order valence-corrected chi connectivity index (χ4v) is 2.33. The molecule has 0 saturated heterocycles. The Morgan fingerprint density at radius 1 is 1.24 bits per heavy atom. The number of amides is 1. The van der Waals surface area contributed by atoms with Crippen molar-refractivity contribution in [1.82, 2.24) is 5.32 Å². The molecule has 1 N–H and O–H groups in total. The summed E-state index contributed by atoms with van der Waals surface area (Å²) in [5.41, 5.74) is 0. The molecule has 1 aliphatic rings. The zero-order valence-electron chi connectivity index (χ0n) is 12.2. The van der Waals surface area contributed by atoms with Crippen LogP contribution in [0.5, 0.6) is 5.75 Å². The molecule has 0 radical (unpaired) electrons. The number of carbonyl (C=O) groups is 2. The molecule has 1 amide bonds. The Morgan fingerprint density at radius 3 is 2.57 bits per heavy atom. The SMILES string of the molecule is CC(OC(=O)COc1ccccc1)C(=O)NC1CCCC1. The van der Waals surface area contributed by atoms with Crippen LogP contribution in [0.2, 0.25) is 0 Å². The lowest BCUT2D eigenvalue weighted by Crippen LogP contribution is -2.41. The lowest BCUT2D eigenvalue weighted by Gasteiger charge is -2.17. The topological polar surface area (TPSA) is 64.6 Å². The number of ether oxygens (including phenoxy) is 2. The summed E-state index contributed by atoms with van der Waals surface area (Å²) in [7, 11) is 0. The molecule has 2 rings (SSSR count). The maximum atomic E-state index is 11.9. The highest BCUT2D eigenvalue weighted by Gasteiger charge is 2.23. The lowest BCUT2D eigenvalue weighted by atomic mass is 10.2. The highest BCUT2D eigenvalue weighted by Crippen LogP contribution is 2.17. The van der Waals surface area contributed by atoms with E-state index in [2.05, 4.69) is 5.32 Å². The van der Waals surface area contributed by atoms with Crippen LogP contribution >= 0.6 is 0 Å². The highest BCUT2D eigenvalue weighted by molar-refractivity contribution is 5.83. The fraction of sp³-hybridized carbons (Fsp3) is 0.500. The quantitative estimate of drug-likeness (QED) is 0.815. The van der Waals surface area contributed by atoms with Crippen molar-refractivity contribution in [3.05, 3.63) is 30.3 Å². The Kier molecular flexibility index (Phi) is 5.60.